The highest BCUT2D eigenvalue weighted by molar-refractivity contribution is 5.99. The van der Waals surface area contributed by atoms with Crippen LogP contribution in [0.3, 0.4) is 0 Å². The molecule has 6 nitrogen and oxygen atoms in total. The Kier molecular flexibility index (Phi) is 4.48. The molecule has 0 saturated carbocycles. The monoisotopic (exact) mass is 352 g/mol. The van der Waals surface area contributed by atoms with Crippen molar-refractivity contribution in [2.24, 2.45) is 0 Å². The van der Waals surface area contributed by atoms with E-state index in [1.165, 1.54) is 6.26 Å². The van der Waals surface area contributed by atoms with Gasteiger partial charge in [0.15, 0.2) is 5.76 Å². The smallest absolute Gasteiger partial charge is 0.289 e. The number of likely N-dealkylation sites (tertiary alicyclic amines) is 1. The van der Waals surface area contributed by atoms with Gasteiger partial charge in [-0.3, -0.25) is 9.59 Å². The highest BCUT2D eigenvalue weighted by Crippen LogP contribution is 2.26. The third kappa shape index (κ3) is 3.35. The first kappa shape index (κ1) is 16.4. The van der Waals surface area contributed by atoms with Crippen LogP contribution in [-0.4, -0.2) is 42.5 Å². The Bertz CT molecular complexity index is 833. The first-order valence-corrected chi connectivity index (χ1v) is 8.77. The molecule has 1 aromatic carbocycles. The number of piperidine rings is 1. The maximum atomic E-state index is 12.5. The van der Waals surface area contributed by atoms with E-state index in [1.807, 2.05) is 30.3 Å². The van der Waals surface area contributed by atoms with Crippen molar-refractivity contribution < 1.29 is 18.7 Å². The zero-order chi connectivity index (χ0) is 17.9. The van der Waals surface area contributed by atoms with Crippen LogP contribution in [0.25, 0.3) is 6.08 Å². The van der Waals surface area contributed by atoms with Crippen LogP contribution in [0, 0.1) is 0 Å². The number of ether oxygens (including phenoxy) is 1. The zero-order valence-electron chi connectivity index (χ0n) is 14.3. The fraction of sp³-hybridized carbons (Fsp3) is 0.300. The lowest BCUT2D eigenvalue weighted by Crippen LogP contribution is -2.47. The summed E-state index contributed by atoms with van der Waals surface area (Å²) in [7, 11) is 0. The molecule has 2 aliphatic heterocycles. The normalized spacial score (nSPS) is 17.1. The van der Waals surface area contributed by atoms with Gasteiger partial charge in [-0.2, -0.15) is 0 Å². The van der Waals surface area contributed by atoms with E-state index < -0.39 is 0 Å². The molecule has 2 aromatic rings. The Morgan fingerprint density at radius 1 is 1.08 bits per heavy atom. The van der Waals surface area contributed by atoms with E-state index in [-0.39, 0.29) is 24.5 Å². The summed E-state index contributed by atoms with van der Waals surface area (Å²) >= 11 is 0. The number of benzene rings is 1. The standard InChI is InChI=1S/C20H20N2O4/c23-19(15-12-14-4-1-2-5-17(14)26-13-15)21-16-7-9-22(10-8-16)20(24)18-6-3-11-25-18/h1-6,11-12,16H,7-10,13H2,(H,21,23). The third-order valence-electron chi connectivity index (χ3n) is 4.77. The number of furan rings is 1. The molecule has 0 spiro atoms. The Labute approximate surface area is 151 Å². The van der Waals surface area contributed by atoms with Crippen LogP contribution >= 0.6 is 0 Å². The number of nitrogens with zero attached hydrogens (tertiary/aromatic N) is 1. The first-order valence-electron chi connectivity index (χ1n) is 8.77. The van der Waals surface area contributed by atoms with E-state index in [9.17, 15) is 9.59 Å². The SMILES string of the molecule is O=C(NC1CCN(C(=O)c2ccco2)CC1)C1=Cc2ccccc2OC1. The molecule has 4 rings (SSSR count). The van der Waals surface area contributed by atoms with Crippen LogP contribution in [0.5, 0.6) is 5.75 Å². The fourth-order valence-electron chi connectivity index (χ4n) is 3.31. The summed E-state index contributed by atoms with van der Waals surface area (Å²) < 4.78 is 10.8. The van der Waals surface area contributed by atoms with Gasteiger partial charge in [0, 0.05) is 24.7 Å². The van der Waals surface area contributed by atoms with E-state index in [2.05, 4.69) is 5.32 Å². The number of fused-ring (bicyclic) bond motifs is 1. The maximum Gasteiger partial charge on any atom is 0.289 e. The Balaban J connectivity index is 1.33. The molecule has 6 heteroatoms. The summed E-state index contributed by atoms with van der Waals surface area (Å²) in [4.78, 5) is 26.6. The second-order valence-electron chi connectivity index (χ2n) is 6.51. The molecule has 0 unspecified atom stereocenters. The molecule has 1 aromatic heterocycles. The summed E-state index contributed by atoms with van der Waals surface area (Å²) in [5.74, 6) is 0.958. The van der Waals surface area contributed by atoms with Gasteiger partial charge in [0.2, 0.25) is 0 Å². The minimum Gasteiger partial charge on any atom is -0.488 e. The van der Waals surface area contributed by atoms with E-state index in [0.717, 1.165) is 24.2 Å². The number of hydrogen-bond acceptors (Lipinski definition) is 4. The zero-order valence-corrected chi connectivity index (χ0v) is 14.3. The molecule has 1 N–H and O–H groups in total. The second-order valence-corrected chi connectivity index (χ2v) is 6.51. The molecule has 2 amide bonds. The van der Waals surface area contributed by atoms with Crippen molar-refractivity contribution >= 4 is 17.9 Å². The Morgan fingerprint density at radius 3 is 2.65 bits per heavy atom. The van der Waals surface area contributed by atoms with Crippen LogP contribution < -0.4 is 10.1 Å². The minimum atomic E-state index is -0.102. The fourth-order valence-corrected chi connectivity index (χ4v) is 3.31. The third-order valence-corrected chi connectivity index (χ3v) is 4.77. The molecule has 0 radical (unpaired) electrons. The lowest BCUT2D eigenvalue weighted by atomic mass is 10.0. The lowest BCUT2D eigenvalue weighted by molar-refractivity contribution is -0.118. The minimum absolute atomic E-state index is 0.0567. The number of hydrogen-bond donors (Lipinski definition) is 1. The molecular formula is C20H20N2O4. The summed E-state index contributed by atoms with van der Waals surface area (Å²) in [6.07, 6.45) is 4.83. The maximum absolute atomic E-state index is 12.5. The van der Waals surface area contributed by atoms with E-state index in [4.69, 9.17) is 9.15 Å². The van der Waals surface area contributed by atoms with Gasteiger partial charge in [-0.15, -0.1) is 0 Å². The van der Waals surface area contributed by atoms with E-state index in [0.29, 0.717) is 24.4 Å². The number of nitrogens with one attached hydrogen (secondary N) is 1. The summed E-state index contributed by atoms with van der Waals surface area (Å²) in [5.41, 5.74) is 1.54. The number of para-hydroxylation sites is 1. The summed E-state index contributed by atoms with van der Waals surface area (Å²) in [5, 5.41) is 3.07. The van der Waals surface area contributed by atoms with Crippen molar-refractivity contribution in [3.63, 3.8) is 0 Å². The molecule has 1 fully saturated rings. The number of carbonyl (C=O) groups excluding carboxylic acids is 2. The van der Waals surface area contributed by atoms with Crippen molar-refractivity contribution in [1.29, 1.82) is 0 Å². The van der Waals surface area contributed by atoms with Crippen LogP contribution in [0.15, 0.2) is 52.7 Å². The summed E-state index contributed by atoms with van der Waals surface area (Å²) in [6, 6.07) is 11.1. The highest BCUT2D eigenvalue weighted by Gasteiger charge is 2.27. The topological polar surface area (TPSA) is 71.8 Å². The molecule has 3 heterocycles. The van der Waals surface area contributed by atoms with Gasteiger partial charge in [-0.1, -0.05) is 18.2 Å². The van der Waals surface area contributed by atoms with Gasteiger partial charge in [0.05, 0.1) is 11.8 Å². The van der Waals surface area contributed by atoms with Crippen LogP contribution in [0.2, 0.25) is 0 Å². The lowest BCUT2D eigenvalue weighted by Gasteiger charge is -2.32. The van der Waals surface area contributed by atoms with Gasteiger partial charge in [-0.05, 0) is 37.1 Å². The van der Waals surface area contributed by atoms with Gasteiger partial charge in [0.1, 0.15) is 12.4 Å². The predicted octanol–water partition coefficient (Wildman–Crippen LogP) is 2.48. The molecule has 0 bridgehead atoms. The molecular weight excluding hydrogens is 332 g/mol. The quantitative estimate of drug-likeness (QED) is 0.921. The first-order chi connectivity index (χ1) is 12.7. The molecule has 0 aliphatic carbocycles. The van der Waals surface area contributed by atoms with Crippen molar-refractivity contribution in [3.8, 4) is 5.75 Å². The van der Waals surface area contributed by atoms with Crippen molar-refractivity contribution in [2.45, 2.75) is 18.9 Å². The predicted molar refractivity (Wildman–Crippen MR) is 95.7 cm³/mol. The number of carbonyl (C=O) groups is 2. The molecule has 134 valence electrons. The van der Waals surface area contributed by atoms with Gasteiger partial charge in [0.25, 0.3) is 11.8 Å². The van der Waals surface area contributed by atoms with Gasteiger partial charge in [-0.25, -0.2) is 0 Å². The largest absolute Gasteiger partial charge is 0.488 e. The number of amides is 2. The van der Waals surface area contributed by atoms with E-state index in [1.54, 1.807) is 17.0 Å². The second kappa shape index (κ2) is 7.07. The van der Waals surface area contributed by atoms with Crippen LogP contribution in [0.1, 0.15) is 29.0 Å². The molecule has 26 heavy (non-hydrogen) atoms. The van der Waals surface area contributed by atoms with E-state index >= 15 is 0 Å². The van der Waals surface area contributed by atoms with Crippen molar-refractivity contribution in [3.05, 3.63) is 59.6 Å². The average molecular weight is 352 g/mol. The van der Waals surface area contributed by atoms with Crippen molar-refractivity contribution in [2.75, 3.05) is 19.7 Å². The van der Waals surface area contributed by atoms with Crippen molar-refractivity contribution in [1.82, 2.24) is 10.2 Å². The Morgan fingerprint density at radius 2 is 1.88 bits per heavy atom. The van der Waals surface area contributed by atoms with Gasteiger partial charge < -0.3 is 19.4 Å². The van der Waals surface area contributed by atoms with Crippen LogP contribution in [0.4, 0.5) is 0 Å². The molecule has 1 saturated heterocycles. The average Bonchev–Trinajstić information content (AvgIpc) is 3.22. The van der Waals surface area contributed by atoms with Gasteiger partial charge >= 0.3 is 0 Å². The Hall–Kier alpha value is -3.02. The van der Waals surface area contributed by atoms with Crippen LogP contribution in [-0.2, 0) is 4.79 Å². The highest BCUT2D eigenvalue weighted by atomic mass is 16.5. The summed E-state index contributed by atoms with van der Waals surface area (Å²) in [6.45, 7) is 1.48. The molecule has 0 atom stereocenters. The number of rotatable bonds is 3. The molecule has 2 aliphatic rings.